The summed E-state index contributed by atoms with van der Waals surface area (Å²) in [4.78, 5) is 24.1. The second kappa shape index (κ2) is 8.47. The Bertz CT molecular complexity index is 1350. The van der Waals surface area contributed by atoms with Gasteiger partial charge < -0.3 is 9.32 Å². The van der Waals surface area contributed by atoms with Gasteiger partial charge >= 0.3 is 0 Å². The molecule has 0 saturated heterocycles. The van der Waals surface area contributed by atoms with Gasteiger partial charge in [0.25, 0.3) is 5.91 Å². The lowest BCUT2D eigenvalue weighted by molar-refractivity contribution is 0.0787. The maximum Gasteiger partial charge on any atom is 0.254 e. The Morgan fingerprint density at radius 1 is 1.06 bits per heavy atom. The van der Waals surface area contributed by atoms with Gasteiger partial charge in [-0.15, -0.1) is 0 Å². The molecule has 7 nitrogen and oxygen atoms in total. The molecular formula is C25H21N5O2. The van der Waals surface area contributed by atoms with Crippen LogP contribution in [0.4, 0.5) is 0 Å². The molecule has 1 amide bonds. The highest BCUT2D eigenvalue weighted by Gasteiger charge is 2.21. The van der Waals surface area contributed by atoms with Crippen LogP contribution in [0.5, 0.6) is 0 Å². The van der Waals surface area contributed by atoms with E-state index in [1.165, 1.54) is 0 Å². The smallest absolute Gasteiger partial charge is 0.254 e. The average molecular weight is 423 g/mol. The van der Waals surface area contributed by atoms with Crippen LogP contribution in [0.2, 0.25) is 0 Å². The summed E-state index contributed by atoms with van der Waals surface area (Å²) in [5, 5.41) is 5.22. The van der Waals surface area contributed by atoms with E-state index in [1.54, 1.807) is 41.5 Å². The Balaban J connectivity index is 1.58. The highest BCUT2D eigenvalue weighted by molar-refractivity contribution is 6.06. The molecule has 1 aromatic carbocycles. The molecule has 0 unspecified atom stereocenters. The second-order valence-electron chi connectivity index (χ2n) is 7.56. The van der Waals surface area contributed by atoms with E-state index in [2.05, 4.69) is 10.1 Å². The number of rotatable bonds is 6. The van der Waals surface area contributed by atoms with Crippen LogP contribution in [0, 0.1) is 0 Å². The summed E-state index contributed by atoms with van der Waals surface area (Å²) in [6, 6.07) is 19.2. The van der Waals surface area contributed by atoms with Crippen molar-refractivity contribution in [3.63, 3.8) is 0 Å². The molecule has 7 heteroatoms. The Labute approximate surface area is 185 Å². The molecule has 32 heavy (non-hydrogen) atoms. The number of nitrogens with zero attached hydrogens (tertiary/aromatic N) is 5. The van der Waals surface area contributed by atoms with Gasteiger partial charge in [-0.25, -0.2) is 9.67 Å². The lowest BCUT2D eigenvalue weighted by Gasteiger charge is -2.18. The third-order valence-electron chi connectivity index (χ3n) is 5.31. The van der Waals surface area contributed by atoms with E-state index in [1.807, 2.05) is 60.7 Å². The fraction of sp³-hybridized carbons (Fsp3) is 0.120. The second-order valence-corrected chi connectivity index (χ2v) is 7.56. The number of hydrogen-bond donors (Lipinski definition) is 0. The van der Waals surface area contributed by atoms with Gasteiger partial charge in [0.05, 0.1) is 29.1 Å². The van der Waals surface area contributed by atoms with Crippen molar-refractivity contribution in [2.24, 2.45) is 0 Å². The largest absolute Gasteiger partial charge is 0.467 e. The minimum atomic E-state index is -0.0936. The minimum Gasteiger partial charge on any atom is -0.467 e. The lowest BCUT2D eigenvalue weighted by atomic mass is 10.1. The van der Waals surface area contributed by atoms with E-state index in [9.17, 15) is 4.79 Å². The number of pyridine rings is 2. The molecule has 4 heterocycles. The van der Waals surface area contributed by atoms with Gasteiger partial charge in [0.15, 0.2) is 5.65 Å². The van der Waals surface area contributed by atoms with Crippen molar-refractivity contribution >= 4 is 16.9 Å². The molecule has 5 aromatic rings. The molecule has 0 aliphatic carbocycles. The standard InChI is InChI=1S/C25H21N5O2/c1-29(16-18-9-11-26-12-10-18)25(31)21-14-23(19-6-3-2-4-7-19)28-24-22(21)15-27-30(24)17-20-8-5-13-32-20/h2-15H,16-17H2,1H3. The van der Waals surface area contributed by atoms with Crippen LogP contribution in [0.15, 0.2) is 89.9 Å². The van der Waals surface area contributed by atoms with Crippen LogP contribution in [0.3, 0.4) is 0 Å². The van der Waals surface area contributed by atoms with Crippen LogP contribution in [0.1, 0.15) is 21.7 Å². The number of benzene rings is 1. The average Bonchev–Trinajstić information content (AvgIpc) is 3.50. The van der Waals surface area contributed by atoms with Crippen LogP contribution in [0.25, 0.3) is 22.3 Å². The van der Waals surface area contributed by atoms with Gasteiger partial charge in [-0.3, -0.25) is 9.78 Å². The van der Waals surface area contributed by atoms with Crippen molar-refractivity contribution in [3.8, 4) is 11.3 Å². The van der Waals surface area contributed by atoms with Gasteiger partial charge in [-0.05, 0) is 35.9 Å². The summed E-state index contributed by atoms with van der Waals surface area (Å²) in [7, 11) is 1.80. The van der Waals surface area contributed by atoms with Crippen molar-refractivity contribution in [2.75, 3.05) is 7.05 Å². The number of fused-ring (bicyclic) bond motifs is 1. The van der Waals surface area contributed by atoms with Crippen molar-refractivity contribution in [1.82, 2.24) is 24.6 Å². The van der Waals surface area contributed by atoms with Crippen molar-refractivity contribution in [1.29, 1.82) is 0 Å². The minimum absolute atomic E-state index is 0.0936. The molecule has 0 fully saturated rings. The van der Waals surface area contributed by atoms with E-state index in [4.69, 9.17) is 9.40 Å². The molecule has 0 atom stereocenters. The van der Waals surface area contributed by atoms with Crippen LogP contribution >= 0.6 is 0 Å². The van der Waals surface area contributed by atoms with E-state index >= 15 is 0 Å². The first-order chi connectivity index (χ1) is 15.7. The number of aromatic nitrogens is 4. The first-order valence-electron chi connectivity index (χ1n) is 10.3. The van der Waals surface area contributed by atoms with Crippen molar-refractivity contribution in [2.45, 2.75) is 13.1 Å². The quantitative estimate of drug-likeness (QED) is 0.404. The summed E-state index contributed by atoms with van der Waals surface area (Å²) < 4.78 is 7.25. The van der Waals surface area contributed by atoms with E-state index in [-0.39, 0.29) is 5.91 Å². The number of carbonyl (C=O) groups is 1. The Hall–Kier alpha value is -4.26. The van der Waals surface area contributed by atoms with E-state index in [0.29, 0.717) is 29.7 Å². The predicted molar refractivity (Wildman–Crippen MR) is 121 cm³/mol. The fourth-order valence-corrected chi connectivity index (χ4v) is 3.69. The number of carbonyl (C=O) groups excluding carboxylic acids is 1. The van der Waals surface area contributed by atoms with E-state index < -0.39 is 0 Å². The first-order valence-corrected chi connectivity index (χ1v) is 10.3. The number of furan rings is 1. The zero-order chi connectivity index (χ0) is 21.9. The lowest BCUT2D eigenvalue weighted by Crippen LogP contribution is -2.26. The molecule has 0 radical (unpaired) electrons. The maximum atomic E-state index is 13.5. The molecule has 0 bridgehead atoms. The topological polar surface area (TPSA) is 77.1 Å². The molecular weight excluding hydrogens is 402 g/mol. The Morgan fingerprint density at radius 2 is 1.88 bits per heavy atom. The summed E-state index contributed by atoms with van der Waals surface area (Å²) in [5.41, 5.74) is 3.88. The molecule has 0 saturated carbocycles. The van der Waals surface area contributed by atoms with Crippen molar-refractivity contribution < 1.29 is 9.21 Å². The first kappa shape index (κ1) is 19.7. The highest BCUT2D eigenvalue weighted by atomic mass is 16.3. The van der Waals surface area contributed by atoms with Gasteiger partial charge in [-0.1, -0.05) is 30.3 Å². The SMILES string of the molecule is CN(Cc1ccncc1)C(=O)c1cc(-c2ccccc2)nc2c1cnn2Cc1ccco1. The summed E-state index contributed by atoms with van der Waals surface area (Å²) in [6.45, 7) is 0.911. The molecule has 158 valence electrons. The Morgan fingerprint density at radius 3 is 2.62 bits per heavy atom. The molecule has 5 rings (SSSR count). The molecule has 0 aliphatic heterocycles. The highest BCUT2D eigenvalue weighted by Crippen LogP contribution is 2.26. The maximum absolute atomic E-state index is 13.5. The van der Waals surface area contributed by atoms with Gasteiger partial charge in [0.1, 0.15) is 12.3 Å². The Kier molecular flexibility index (Phi) is 5.21. The van der Waals surface area contributed by atoms with Crippen LogP contribution in [-0.4, -0.2) is 37.6 Å². The molecule has 4 aromatic heterocycles. The third-order valence-corrected chi connectivity index (χ3v) is 5.31. The normalized spacial score (nSPS) is 11.0. The van der Waals surface area contributed by atoms with Crippen LogP contribution in [-0.2, 0) is 13.1 Å². The van der Waals surface area contributed by atoms with Gasteiger partial charge in [0, 0.05) is 31.5 Å². The number of hydrogen-bond acceptors (Lipinski definition) is 5. The number of amides is 1. The van der Waals surface area contributed by atoms with Crippen molar-refractivity contribution in [3.05, 3.63) is 102 Å². The molecule has 0 spiro atoms. The summed E-state index contributed by atoms with van der Waals surface area (Å²) in [6.07, 6.45) is 6.79. The van der Waals surface area contributed by atoms with Gasteiger partial charge in [-0.2, -0.15) is 5.10 Å². The fourth-order valence-electron chi connectivity index (χ4n) is 3.69. The van der Waals surface area contributed by atoms with Gasteiger partial charge in [0.2, 0.25) is 0 Å². The van der Waals surface area contributed by atoms with Crippen LogP contribution < -0.4 is 0 Å². The molecule has 0 aliphatic rings. The zero-order valence-corrected chi connectivity index (χ0v) is 17.5. The monoisotopic (exact) mass is 423 g/mol. The molecule has 0 N–H and O–H groups in total. The zero-order valence-electron chi connectivity index (χ0n) is 17.5. The summed E-state index contributed by atoms with van der Waals surface area (Å²) in [5.74, 6) is 0.675. The predicted octanol–water partition coefficient (Wildman–Crippen LogP) is 4.41. The summed E-state index contributed by atoms with van der Waals surface area (Å²) >= 11 is 0. The third kappa shape index (κ3) is 3.88. The van der Waals surface area contributed by atoms with E-state index in [0.717, 1.165) is 22.6 Å².